The number of nitrogens with one attached hydrogen (secondary N) is 2. The van der Waals surface area contributed by atoms with Crippen molar-refractivity contribution in [2.24, 2.45) is 0 Å². The first kappa shape index (κ1) is 13.9. The summed E-state index contributed by atoms with van der Waals surface area (Å²) >= 11 is 5.91. The number of hydrogen-bond donors (Lipinski definition) is 3. The van der Waals surface area contributed by atoms with Gasteiger partial charge in [-0.15, -0.1) is 0 Å². The Kier molecular flexibility index (Phi) is 4.21. The third kappa shape index (κ3) is 3.72. The summed E-state index contributed by atoms with van der Waals surface area (Å²) in [5.74, 6) is -1.01. The molecule has 20 heavy (non-hydrogen) atoms. The van der Waals surface area contributed by atoms with Gasteiger partial charge in [-0.25, -0.2) is 4.79 Å². The maximum Gasteiger partial charge on any atom is 0.325 e. The van der Waals surface area contributed by atoms with Crippen LogP contribution in [-0.4, -0.2) is 26.9 Å². The molecule has 3 N–H and O–H groups in total. The number of aromatic nitrogens is 2. The number of halogens is 1. The van der Waals surface area contributed by atoms with Crippen molar-refractivity contribution in [3.05, 3.63) is 41.7 Å². The molecule has 0 saturated heterocycles. The van der Waals surface area contributed by atoms with Crippen molar-refractivity contribution in [3.8, 4) is 0 Å². The van der Waals surface area contributed by atoms with Crippen LogP contribution in [0.25, 0.3) is 0 Å². The van der Waals surface area contributed by atoms with Crippen LogP contribution in [0.3, 0.4) is 0 Å². The number of amides is 2. The van der Waals surface area contributed by atoms with E-state index in [0.717, 1.165) is 0 Å². The predicted molar refractivity (Wildman–Crippen MR) is 74.0 cm³/mol. The van der Waals surface area contributed by atoms with Gasteiger partial charge in [-0.1, -0.05) is 23.7 Å². The molecule has 1 heterocycles. The van der Waals surface area contributed by atoms with Gasteiger partial charge in [0, 0.05) is 6.20 Å². The third-order valence-electron chi connectivity index (χ3n) is 2.31. The first-order valence-corrected chi connectivity index (χ1v) is 5.99. The van der Waals surface area contributed by atoms with Gasteiger partial charge in [-0.2, -0.15) is 5.10 Å². The summed E-state index contributed by atoms with van der Waals surface area (Å²) in [6.45, 7) is -0.270. The maximum absolute atomic E-state index is 11.7. The lowest BCUT2D eigenvalue weighted by Gasteiger charge is -2.07. The van der Waals surface area contributed by atoms with Crippen molar-refractivity contribution in [2.45, 2.75) is 6.54 Å². The predicted octanol–water partition coefficient (Wildman–Crippen LogP) is 2.27. The van der Waals surface area contributed by atoms with Crippen LogP contribution >= 0.6 is 11.6 Å². The topological polar surface area (TPSA) is 96.2 Å². The minimum Gasteiger partial charge on any atom is -0.480 e. The molecule has 8 heteroatoms. The van der Waals surface area contributed by atoms with Crippen LogP contribution in [0.15, 0.2) is 36.7 Å². The van der Waals surface area contributed by atoms with Crippen LogP contribution < -0.4 is 10.6 Å². The summed E-state index contributed by atoms with van der Waals surface area (Å²) < 4.78 is 1.20. The molecule has 0 aliphatic rings. The van der Waals surface area contributed by atoms with Crippen molar-refractivity contribution in [1.82, 2.24) is 9.78 Å². The quantitative estimate of drug-likeness (QED) is 0.806. The van der Waals surface area contributed by atoms with Gasteiger partial charge < -0.3 is 15.7 Å². The van der Waals surface area contributed by atoms with E-state index < -0.39 is 12.0 Å². The molecule has 2 aromatic rings. The van der Waals surface area contributed by atoms with E-state index in [4.69, 9.17) is 16.7 Å². The summed E-state index contributed by atoms with van der Waals surface area (Å²) in [5, 5.41) is 17.9. The number of carboxylic acids is 1. The minimum atomic E-state index is -1.01. The highest BCUT2D eigenvalue weighted by Crippen LogP contribution is 2.20. The number of hydrogen-bond acceptors (Lipinski definition) is 3. The largest absolute Gasteiger partial charge is 0.480 e. The normalized spacial score (nSPS) is 10.1. The first-order chi connectivity index (χ1) is 9.54. The molecule has 1 aromatic carbocycles. The number of anilines is 2. The van der Waals surface area contributed by atoms with Crippen molar-refractivity contribution < 1.29 is 14.7 Å². The highest BCUT2D eigenvalue weighted by molar-refractivity contribution is 6.33. The molecular formula is C12H11ClN4O3. The Morgan fingerprint density at radius 2 is 2.05 bits per heavy atom. The monoisotopic (exact) mass is 294 g/mol. The number of carbonyl (C=O) groups excluding carboxylic acids is 1. The molecule has 0 aliphatic heterocycles. The van der Waals surface area contributed by atoms with E-state index in [-0.39, 0.29) is 6.54 Å². The van der Waals surface area contributed by atoms with Gasteiger partial charge >= 0.3 is 12.0 Å². The zero-order chi connectivity index (χ0) is 14.5. The minimum absolute atomic E-state index is 0.270. The Morgan fingerprint density at radius 3 is 2.75 bits per heavy atom. The van der Waals surface area contributed by atoms with Crippen molar-refractivity contribution in [1.29, 1.82) is 0 Å². The van der Waals surface area contributed by atoms with Gasteiger partial charge in [0.25, 0.3) is 0 Å². The van der Waals surface area contributed by atoms with E-state index in [0.29, 0.717) is 16.4 Å². The zero-order valence-corrected chi connectivity index (χ0v) is 11.0. The number of carboxylic acid groups (broad SMARTS) is 1. The fraction of sp³-hybridized carbons (Fsp3) is 0.0833. The summed E-state index contributed by atoms with van der Waals surface area (Å²) in [6.07, 6.45) is 2.77. The molecule has 0 aliphatic carbocycles. The van der Waals surface area contributed by atoms with E-state index in [1.54, 1.807) is 24.3 Å². The average molecular weight is 295 g/mol. The van der Waals surface area contributed by atoms with E-state index in [9.17, 15) is 9.59 Å². The number of aliphatic carboxylic acids is 1. The van der Waals surface area contributed by atoms with Gasteiger partial charge in [0.15, 0.2) is 0 Å². The smallest absolute Gasteiger partial charge is 0.325 e. The second-order valence-corrected chi connectivity index (χ2v) is 4.29. The van der Waals surface area contributed by atoms with Crippen LogP contribution in [0.5, 0.6) is 0 Å². The molecule has 0 fully saturated rings. The van der Waals surface area contributed by atoms with Crippen molar-refractivity contribution in [3.63, 3.8) is 0 Å². The van der Waals surface area contributed by atoms with Gasteiger partial charge in [-0.3, -0.25) is 9.48 Å². The molecule has 0 atom stereocenters. The van der Waals surface area contributed by atoms with Gasteiger partial charge in [0.1, 0.15) is 6.54 Å². The molecule has 0 unspecified atom stereocenters. The summed E-state index contributed by atoms with van der Waals surface area (Å²) in [6, 6.07) is 6.32. The van der Waals surface area contributed by atoms with E-state index in [1.807, 2.05) is 0 Å². The van der Waals surface area contributed by atoms with E-state index in [1.165, 1.54) is 17.1 Å². The first-order valence-electron chi connectivity index (χ1n) is 5.61. The highest BCUT2D eigenvalue weighted by Gasteiger charge is 2.07. The molecule has 2 amide bonds. The Bertz CT molecular complexity index is 641. The molecule has 0 spiro atoms. The van der Waals surface area contributed by atoms with Crippen molar-refractivity contribution in [2.75, 3.05) is 10.6 Å². The van der Waals surface area contributed by atoms with Crippen LogP contribution in [0.2, 0.25) is 5.02 Å². The van der Waals surface area contributed by atoms with E-state index >= 15 is 0 Å². The Hall–Kier alpha value is -2.54. The van der Waals surface area contributed by atoms with Gasteiger partial charge in [-0.05, 0) is 12.1 Å². The SMILES string of the molecule is O=C(O)Cn1cc(NC(=O)Nc2ccccc2Cl)cn1. The molecular weight excluding hydrogens is 284 g/mol. The number of rotatable bonds is 4. The van der Waals surface area contributed by atoms with Crippen LogP contribution in [0, 0.1) is 0 Å². The number of carbonyl (C=O) groups is 2. The lowest BCUT2D eigenvalue weighted by atomic mass is 10.3. The fourth-order valence-corrected chi connectivity index (χ4v) is 1.68. The molecule has 104 valence electrons. The number of urea groups is 1. The lowest BCUT2D eigenvalue weighted by Crippen LogP contribution is -2.19. The second kappa shape index (κ2) is 6.07. The van der Waals surface area contributed by atoms with Crippen LogP contribution in [-0.2, 0) is 11.3 Å². The van der Waals surface area contributed by atoms with Gasteiger partial charge in [0.05, 0.1) is 22.6 Å². The van der Waals surface area contributed by atoms with Crippen LogP contribution in [0.4, 0.5) is 16.2 Å². The zero-order valence-electron chi connectivity index (χ0n) is 10.2. The highest BCUT2D eigenvalue weighted by atomic mass is 35.5. The third-order valence-corrected chi connectivity index (χ3v) is 2.64. The lowest BCUT2D eigenvalue weighted by molar-refractivity contribution is -0.137. The standard InChI is InChI=1S/C12H11ClN4O3/c13-9-3-1-2-4-10(9)16-12(20)15-8-5-14-17(6-8)7-11(18)19/h1-6H,7H2,(H,18,19)(H2,15,16,20). The molecule has 1 aromatic heterocycles. The summed E-state index contributed by atoms with van der Waals surface area (Å²) in [5.41, 5.74) is 0.861. The second-order valence-electron chi connectivity index (χ2n) is 3.88. The Labute approximate surface area is 119 Å². The van der Waals surface area contributed by atoms with Gasteiger partial charge in [0.2, 0.25) is 0 Å². The number of benzene rings is 1. The average Bonchev–Trinajstić information content (AvgIpc) is 2.78. The molecule has 0 radical (unpaired) electrons. The Morgan fingerprint density at radius 1 is 1.30 bits per heavy atom. The number of para-hydroxylation sites is 1. The fourth-order valence-electron chi connectivity index (χ4n) is 1.50. The molecule has 2 rings (SSSR count). The summed E-state index contributed by atoms with van der Waals surface area (Å²) in [4.78, 5) is 22.2. The molecule has 0 saturated carbocycles. The Balaban J connectivity index is 1.96. The molecule has 0 bridgehead atoms. The summed E-state index contributed by atoms with van der Waals surface area (Å²) in [7, 11) is 0. The number of nitrogens with zero attached hydrogens (tertiary/aromatic N) is 2. The van der Waals surface area contributed by atoms with Crippen molar-refractivity contribution >= 4 is 35.0 Å². The maximum atomic E-state index is 11.7. The van der Waals surface area contributed by atoms with Crippen LogP contribution in [0.1, 0.15) is 0 Å². The molecule has 7 nitrogen and oxygen atoms in total. The van der Waals surface area contributed by atoms with E-state index in [2.05, 4.69) is 15.7 Å².